The average molecular weight is 390 g/mol. The Hall–Kier alpha value is -2.57. The van der Waals surface area contributed by atoms with Crippen molar-refractivity contribution in [2.75, 3.05) is 32.6 Å². The molecule has 0 aromatic heterocycles. The summed E-state index contributed by atoms with van der Waals surface area (Å²) in [5, 5.41) is 2.90. The van der Waals surface area contributed by atoms with E-state index in [0.29, 0.717) is 30.9 Å². The summed E-state index contributed by atoms with van der Waals surface area (Å²) in [5.41, 5.74) is 0.733. The fourth-order valence-electron chi connectivity index (χ4n) is 3.37. The number of nitrogens with zero attached hydrogens (tertiary/aromatic N) is 1. The van der Waals surface area contributed by atoms with E-state index in [1.165, 1.54) is 7.11 Å². The van der Waals surface area contributed by atoms with Crippen molar-refractivity contribution in [2.24, 2.45) is 5.92 Å². The van der Waals surface area contributed by atoms with Crippen LogP contribution in [-0.2, 0) is 19.1 Å². The summed E-state index contributed by atoms with van der Waals surface area (Å²) in [6, 6.07) is 7.31. The lowest BCUT2D eigenvalue weighted by Gasteiger charge is -2.32. The fraction of sp³-hybridized carbons (Fsp3) is 0.571. The number of ether oxygens (including phenoxy) is 2. The van der Waals surface area contributed by atoms with Crippen LogP contribution in [0.3, 0.4) is 0 Å². The second-order valence-corrected chi connectivity index (χ2v) is 7.07. The zero-order chi connectivity index (χ0) is 20.4. The van der Waals surface area contributed by atoms with Crippen molar-refractivity contribution >= 4 is 23.5 Å². The Morgan fingerprint density at radius 2 is 1.86 bits per heavy atom. The Morgan fingerprint density at radius 3 is 2.54 bits per heavy atom. The number of hydrogen-bond donors (Lipinski definition) is 1. The summed E-state index contributed by atoms with van der Waals surface area (Å²) in [7, 11) is 2.95. The third-order valence-electron chi connectivity index (χ3n) is 5.10. The minimum Gasteiger partial charge on any atom is -0.497 e. The van der Waals surface area contributed by atoms with Crippen molar-refractivity contribution in [2.45, 2.75) is 44.9 Å². The van der Waals surface area contributed by atoms with E-state index in [0.717, 1.165) is 38.0 Å². The minimum atomic E-state index is -0.279. The highest BCUT2D eigenvalue weighted by atomic mass is 16.5. The minimum absolute atomic E-state index is 0.00503. The quantitative estimate of drug-likeness (QED) is 0.655. The van der Waals surface area contributed by atoms with E-state index in [4.69, 9.17) is 4.74 Å². The highest BCUT2D eigenvalue weighted by molar-refractivity contribution is 5.90. The molecule has 2 amide bonds. The fourth-order valence-corrected chi connectivity index (χ4v) is 3.37. The molecule has 0 spiro atoms. The lowest BCUT2D eigenvalue weighted by molar-refractivity contribution is -0.141. The van der Waals surface area contributed by atoms with E-state index in [1.807, 2.05) is 23.1 Å². The van der Waals surface area contributed by atoms with Gasteiger partial charge in [0.2, 0.25) is 11.8 Å². The van der Waals surface area contributed by atoms with Crippen LogP contribution < -0.4 is 10.1 Å². The van der Waals surface area contributed by atoms with Crippen LogP contribution in [0.4, 0.5) is 5.69 Å². The number of likely N-dealkylation sites (tertiary alicyclic amines) is 1. The van der Waals surface area contributed by atoms with Crippen molar-refractivity contribution in [3.63, 3.8) is 0 Å². The summed E-state index contributed by atoms with van der Waals surface area (Å²) in [6.07, 6.45) is 4.29. The second-order valence-electron chi connectivity index (χ2n) is 7.07. The SMILES string of the molecule is COC(=O)CCCC(=O)N1CCC(CCC(=O)Nc2cccc(OC)c2)CC1. The maximum absolute atomic E-state index is 12.2. The topological polar surface area (TPSA) is 84.9 Å². The van der Waals surface area contributed by atoms with Gasteiger partial charge in [-0.1, -0.05) is 6.07 Å². The number of nitrogens with one attached hydrogen (secondary N) is 1. The molecule has 1 aromatic rings. The maximum Gasteiger partial charge on any atom is 0.305 e. The van der Waals surface area contributed by atoms with E-state index in [1.54, 1.807) is 13.2 Å². The molecule has 7 nitrogen and oxygen atoms in total. The Kier molecular flexibility index (Phi) is 8.78. The van der Waals surface area contributed by atoms with Crippen molar-refractivity contribution < 1.29 is 23.9 Å². The van der Waals surface area contributed by atoms with Crippen LogP contribution in [0, 0.1) is 5.92 Å². The van der Waals surface area contributed by atoms with E-state index < -0.39 is 0 Å². The molecular formula is C21H30N2O5. The molecule has 1 aliphatic heterocycles. The van der Waals surface area contributed by atoms with Gasteiger partial charge in [0.1, 0.15) is 5.75 Å². The Balaban J connectivity index is 1.64. The number of hydrogen-bond acceptors (Lipinski definition) is 5. The predicted octanol–water partition coefficient (Wildman–Crippen LogP) is 3.00. The van der Waals surface area contributed by atoms with Gasteiger partial charge in [0, 0.05) is 44.1 Å². The molecule has 0 aliphatic carbocycles. The van der Waals surface area contributed by atoms with Crippen molar-refractivity contribution in [3.8, 4) is 5.75 Å². The number of esters is 1. The average Bonchev–Trinajstić information content (AvgIpc) is 2.72. The molecule has 1 saturated heterocycles. The molecule has 0 radical (unpaired) electrons. The molecule has 1 N–H and O–H groups in total. The van der Waals surface area contributed by atoms with Crippen LogP contribution in [-0.4, -0.2) is 50.0 Å². The Morgan fingerprint density at radius 1 is 1.11 bits per heavy atom. The van der Waals surface area contributed by atoms with Gasteiger partial charge in [-0.3, -0.25) is 14.4 Å². The molecule has 0 atom stereocenters. The van der Waals surface area contributed by atoms with Crippen molar-refractivity contribution in [1.29, 1.82) is 0 Å². The summed E-state index contributed by atoms with van der Waals surface area (Å²) < 4.78 is 9.74. The lowest BCUT2D eigenvalue weighted by atomic mass is 9.92. The molecule has 154 valence electrons. The molecule has 28 heavy (non-hydrogen) atoms. The summed E-state index contributed by atoms with van der Waals surface area (Å²) in [4.78, 5) is 37.3. The molecule has 1 fully saturated rings. The lowest BCUT2D eigenvalue weighted by Crippen LogP contribution is -2.38. The zero-order valence-electron chi connectivity index (χ0n) is 16.7. The smallest absolute Gasteiger partial charge is 0.305 e. The summed E-state index contributed by atoms with van der Waals surface area (Å²) in [6.45, 7) is 1.44. The molecule has 1 aromatic carbocycles. The first-order valence-corrected chi connectivity index (χ1v) is 9.80. The number of carbonyl (C=O) groups is 3. The first-order valence-electron chi connectivity index (χ1n) is 9.80. The van der Waals surface area contributed by atoms with Crippen LogP contribution in [0.5, 0.6) is 5.75 Å². The van der Waals surface area contributed by atoms with E-state index in [2.05, 4.69) is 10.1 Å². The molecule has 0 bridgehead atoms. The van der Waals surface area contributed by atoms with Gasteiger partial charge in [-0.15, -0.1) is 0 Å². The standard InChI is InChI=1S/C21H30N2O5/c1-27-18-6-3-5-17(15-18)22-19(24)10-9-16-11-13-23(14-12-16)20(25)7-4-8-21(26)28-2/h3,5-6,15-16H,4,7-14H2,1-2H3,(H,22,24). The normalized spacial score (nSPS) is 14.4. The molecule has 1 aliphatic rings. The van der Waals surface area contributed by atoms with Crippen LogP contribution in [0.1, 0.15) is 44.9 Å². The predicted molar refractivity (Wildman–Crippen MR) is 106 cm³/mol. The molecule has 7 heteroatoms. The molecule has 0 saturated carbocycles. The van der Waals surface area contributed by atoms with E-state index in [9.17, 15) is 14.4 Å². The van der Waals surface area contributed by atoms with Gasteiger partial charge in [0.15, 0.2) is 0 Å². The summed E-state index contributed by atoms with van der Waals surface area (Å²) >= 11 is 0. The molecular weight excluding hydrogens is 360 g/mol. The highest BCUT2D eigenvalue weighted by Gasteiger charge is 2.23. The second kappa shape index (κ2) is 11.3. The van der Waals surface area contributed by atoms with Crippen molar-refractivity contribution in [1.82, 2.24) is 4.90 Å². The maximum atomic E-state index is 12.2. The van der Waals surface area contributed by atoms with Gasteiger partial charge in [-0.25, -0.2) is 0 Å². The van der Waals surface area contributed by atoms with E-state index in [-0.39, 0.29) is 24.2 Å². The van der Waals surface area contributed by atoms with Crippen LogP contribution in [0.15, 0.2) is 24.3 Å². The Bertz CT molecular complexity index is 669. The zero-order valence-corrected chi connectivity index (χ0v) is 16.7. The van der Waals surface area contributed by atoms with Gasteiger partial charge < -0.3 is 19.7 Å². The number of carbonyl (C=O) groups excluding carboxylic acids is 3. The van der Waals surface area contributed by atoms with Crippen LogP contribution >= 0.6 is 0 Å². The third-order valence-corrected chi connectivity index (χ3v) is 5.10. The number of anilines is 1. The molecule has 2 rings (SSSR count). The first kappa shape index (κ1) is 21.7. The van der Waals surface area contributed by atoms with E-state index >= 15 is 0 Å². The number of rotatable bonds is 9. The molecule has 1 heterocycles. The van der Waals surface area contributed by atoms with Crippen molar-refractivity contribution in [3.05, 3.63) is 24.3 Å². The largest absolute Gasteiger partial charge is 0.497 e. The van der Waals surface area contributed by atoms with Gasteiger partial charge in [-0.2, -0.15) is 0 Å². The third kappa shape index (κ3) is 7.21. The van der Waals surface area contributed by atoms with Gasteiger partial charge in [-0.05, 0) is 43.7 Å². The first-order chi connectivity index (χ1) is 13.5. The highest BCUT2D eigenvalue weighted by Crippen LogP contribution is 2.23. The number of amides is 2. The monoisotopic (exact) mass is 390 g/mol. The number of piperidine rings is 1. The van der Waals surface area contributed by atoms with Crippen LogP contribution in [0.2, 0.25) is 0 Å². The van der Waals surface area contributed by atoms with Crippen LogP contribution in [0.25, 0.3) is 0 Å². The van der Waals surface area contributed by atoms with Gasteiger partial charge in [0.05, 0.1) is 14.2 Å². The number of methoxy groups -OCH3 is 2. The summed E-state index contributed by atoms with van der Waals surface area (Å²) in [5.74, 6) is 0.975. The van der Waals surface area contributed by atoms with Gasteiger partial charge in [0.25, 0.3) is 0 Å². The molecule has 0 unspecified atom stereocenters. The number of benzene rings is 1. The van der Waals surface area contributed by atoms with Gasteiger partial charge >= 0.3 is 5.97 Å². The Labute approximate surface area is 166 Å².